The molecule has 4 rings (SSSR count). The molecule has 0 bridgehead atoms. The standard InChI is InChI=1S/C28H32ClN3O6S2/c1-21-6-15-26(38-2)27(18-21)40(36,37)32(24-11-9-23(29)10-12-24)20-28(33)30-19-22-7-13-25(14-8-22)39(34,35)31-16-4-3-5-17-31/h6-15,18H,3-5,16-17,19-20H2,1-2H3,(H,30,33). The number of hydrogen-bond acceptors (Lipinski definition) is 6. The van der Waals surface area contributed by atoms with Crippen molar-refractivity contribution >= 4 is 43.2 Å². The number of piperidine rings is 1. The molecule has 1 saturated heterocycles. The van der Waals surface area contributed by atoms with Crippen LogP contribution in [0, 0.1) is 6.92 Å². The van der Waals surface area contributed by atoms with Crippen LogP contribution in [0.15, 0.2) is 76.5 Å². The molecule has 0 saturated carbocycles. The zero-order chi connectivity index (χ0) is 28.9. The summed E-state index contributed by atoms with van der Waals surface area (Å²) in [6.45, 7) is 2.39. The van der Waals surface area contributed by atoms with Crippen LogP contribution in [0.3, 0.4) is 0 Å². The second kappa shape index (κ2) is 12.6. The van der Waals surface area contributed by atoms with Crippen molar-refractivity contribution in [2.24, 2.45) is 0 Å². The topological polar surface area (TPSA) is 113 Å². The largest absolute Gasteiger partial charge is 0.495 e. The van der Waals surface area contributed by atoms with Crippen molar-refractivity contribution in [3.8, 4) is 5.75 Å². The Kier molecular flexibility index (Phi) is 9.40. The Morgan fingerprint density at radius 2 is 1.60 bits per heavy atom. The van der Waals surface area contributed by atoms with Crippen LogP contribution in [-0.2, 0) is 31.4 Å². The molecule has 1 heterocycles. The highest BCUT2D eigenvalue weighted by Crippen LogP contribution is 2.31. The van der Waals surface area contributed by atoms with Crippen molar-refractivity contribution in [2.45, 2.75) is 42.5 Å². The maximum atomic E-state index is 13.8. The molecular formula is C28H32ClN3O6S2. The van der Waals surface area contributed by atoms with Gasteiger partial charge in [0.2, 0.25) is 15.9 Å². The van der Waals surface area contributed by atoms with E-state index >= 15 is 0 Å². The lowest BCUT2D eigenvalue weighted by molar-refractivity contribution is -0.119. The fraction of sp³-hybridized carbons (Fsp3) is 0.321. The molecule has 1 N–H and O–H groups in total. The van der Waals surface area contributed by atoms with E-state index in [1.165, 1.54) is 41.7 Å². The fourth-order valence-corrected chi connectivity index (χ4v) is 7.75. The van der Waals surface area contributed by atoms with Crippen LogP contribution in [0.5, 0.6) is 5.75 Å². The number of benzene rings is 3. The summed E-state index contributed by atoms with van der Waals surface area (Å²) in [6.07, 6.45) is 2.73. The van der Waals surface area contributed by atoms with E-state index in [-0.39, 0.29) is 27.8 Å². The third-order valence-electron chi connectivity index (χ3n) is 6.65. The molecule has 214 valence electrons. The fourth-order valence-electron chi connectivity index (χ4n) is 4.45. The number of ether oxygens (including phenoxy) is 1. The van der Waals surface area contributed by atoms with E-state index < -0.39 is 32.5 Å². The number of methoxy groups -OCH3 is 1. The zero-order valence-electron chi connectivity index (χ0n) is 22.3. The van der Waals surface area contributed by atoms with Crippen LogP contribution in [0.1, 0.15) is 30.4 Å². The van der Waals surface area contributed by atoms with E-state index in [9.17, 15) is 21.6 Å². The van der Waals surface area contributed by atoms with Gasteiger partial charge in [0.05, 0.1) is 17.7 Å². The maximum Gasteiger partial charge on any atom is 0.268 e. The quantitative estimate of drug-likeness (QED) is 0.368. The predicted octanol–water partition coefficient (Wildman–Crippen LogP) is 4.34. The average Bonchev–Trinajstić information content (AvgIpc) is 2.96. The molecule has 3 aromatic rings. The number of sulfonamides is 2. The van der Waals surface area contributed by atoms with E-state index in [2.05, 4.69) is 5.32 Å². The zero-order valence-corrected chi connectivity index (χ0v) is 24.7. The van der Waals surface area contributed by atoms with E-state index in [0.29, 0.717) is 29.2 Å². The van der Waals surface area contributed by atoms with Crippen molar-refractivity contribution in [1.82, 2.24) is 9.62 Å². The Hall–Kier alpha value is -3.12. The first-order valence-corrected chi connectivity index (χ1v) is 16.1. The number of anilines is 1. The van der Waals surface area contributed by atoms with Gasteiger partial charge in [-0.25, -0.2) is 16.8 Å². The van der Waals surface area contributed by atoms with E-state index in [1.807, 2.05) is 0 Å². The first kappa shape index (κ1) is 29.9. The van der Waals surface area contributed by atoms with Crippen LogP contribution in [-0.4, -0.2) is 53.8 Å². The molecule has 0 spiro atoms. The molecule has 12 heteroatoms. The molecule has 0 atom stereocenters. The summed E-state index contributed by atoms with van der Waals surface area (Å²) in [4.78, 5) is 13.2. The van der Waals surface area contributed by atoms with Crippen LogP contribution in [0.25, 0.3) is 0 Å². The van der Waals surface area contributed by atoms with Gasteiger partial charge in [-0.3, -0.25) is 9.10 Å². The Bertz CT molecular complexity index is 1550. The van der Waals surface area contributed by atoms with E-state index in [1.54, 1.807) is 43.3 Å². The van der Waals surface area contributed by atoms with Crippen molar-refractivity contribution < 1.29 is 26.4 Å². The van der Waals surface area contributed by atoms with Crippen LogP contribution in [0.4, 0.5) is 5.69 Å². The summed E-state index contributed by atoms with van der Waals surface area (Å²) in [5, 5.41) is 3.15. The van der Waals surface area contributed by atoms with Gasteiger partial charge in [-0.1, -0.05) is 36.2 Å². The van der Waals surface area contributed by atoms with Gasteiger partial charge in [-0.15, -0.1) is 0 Å². The maximum absolute atomic E-state index is 13.8. The first-order chi connectivity index (χ1) is 19.0. The highest BCUT2D eigenvalue weighted by molar-refractivity contribution is 7.93. The monoisotopic (exact) mass is 605 g/mol. The van der Waals surface area contributed by atoms with Gasteiger partial charge in [-0.2, -0.15) is 4.31 Å². The number of aryl methyl sites for hydroxylation is 1. The van der Waals surface area contributed by atoms with Gasteiger partial charge in [0.15, 0.2) is 0 Å². The Balaban J connectivity index is 1.51. The highest BCUT2D eigenvalue weighted by atomic mass is 35.5. The minimum atomic E-state index is -4.21. The molecule has 3 aromatic carbocycles. The average molecular weight is 606 g/mol. The van der Waals surface area contributed by atoms with Crippen molar-refractivity contribution in [3.63, 3.8) is 0 Å². The number of nitrogens with one attached hydrogen (secondary N) is 1. The normalized spacial score (nSPS) is 14.5. The molecule has 0 unspecified atom stereocenters. The minimum absolute atomic E-state index is 0.0664. The Labute approximate surface area is 240 Å². The number of nitrogens with zero attached hydrogens (tertiary/aromatic N) is 2. The Morgan fingerprint density at radius 1 is 0.950 bits per heavy atom. The third-order valence-corrected chi connectivity index (χ3v) is 10.6. The molecule has 1 amide bonds. The number of hydrogen-bond donors (Lipinski definition) is 1. The summed E-state index contributed by atoms with van der Waals surface area (Å²) in [5.41, 5.74) is 1.65. The molecule has 0 radical (unpaired) electrons. The lowest BCUT2D eigenvalue weighted by atomic mass is 10.2. The highest BCUT2D eigenvalue weighted by Gasteiger charge is 2.30. The predicted molar refractivity (Wildman–Crippen MR) is 155 cm³/mol. The smallest absolute Gasteiger partial charge is 0.268 e. The van der Waals surface area contributed by atoms with E-state index in [0.717, 1.165) is 23.6 Å². The number of rotatable bonds is 10. The second-order valence-corrected chi connectivity index (χ2v) is 13.7. The van der Waals surface area contributed by atoms with Gasteiger partial charge in [-0.05, 0) is 79.4 Å². The summed E-state index contributed by atoms with van der Waals surface area (Å²) in [6, 6.07) is 17.3. The molecule has 9 nitrogen and oxygen atoms in total. The molecule has 1 aliphatic heterocycles. The molecule has 0 aromatic heterocycles. The lowest BCUT2D eigenvalue weighted by Gasteiger charge is -2.26. The molecule has 1 fully saturated rings. The third kappa shape index (κ3) is 6.77. The molecule has 1 aliphatic rings. The summed E-state index contributed by atoms with van der Waals surface area (Å²) < 4.78 is 61.2. The second-order valence-electron chi connectivity index (χ2n) is 9.53. The van der Waals surface area contributed by atoms with E-state index in [4.69, 9.17) is 16.3 Å². The van der Waals surface area contributed by atoms with Gasteiger partial charge in [0, 0.05) is 24.7 Å². The number of amides is 1. The lowest BCUT2D eigenvalue weighted by Crippen LogP contribution is -2.40. The van der Waals surface area contributed by atoms with Crippen molar-refractivity contribution in [2.75, 3.05) is 31.0 Å². The van der Waals surface area contributed by atoms with Crippen molar-refractivity contribution in [1.29, 1.82) is 0 Å². The number of carbonyl (C=O) groups excluding carboxylic acids is 1. The van der Waals surface area contributed by atoms with Crippen LogP contribution >= 0.6 is 11.6 Å². The van der Waals surface area contributed by atoms with Crippen LogP contribution in [0.2, 0.25) is 5.02 Å². The number of carbonyl (C=O) groups is 1. The Morgan fingerprint density at radius 3 is 2.23 bits per heavy atom. The van der Waals surface area contributed by atoms with Crippen LogP contribution < -0.4 is 14.4 Å². The number of halogens is 1. The van der Waals surface area contributed by atoms with Crippen molar-refractivity contribution in [3.05, 3.63) is 82.9 Å². The molecular weight excluding hydrogens is 574 g/mol. The molecule has 40 heavy (non-hydrogen) atoms. The summed E-state index contributed by atoms with van der Waals surface area (Å²) in [7, 11) is -6.39. The molecule has 0 aliphatic carbocycles. The van der Waals surface area contributed by atoms with Gasteiger partial charge in [0.1, 0.15) is 17.2 Å². The van der Waals surface area contributed by atoms with Gasteiger partial charge >= 0.3 is 0 Å². The first-order valence-electron chi connectivity index (χ1n) is 12.8. The van der Waals surface area contributed by atoms with Gasteiger partial charge in [0.25, 0.3) is 10.0 Å². The van der Waals surface area contributed by atoms with Gasteiger partial charge < -0.3 is 10.1 Å². The minimum Gasteiger partial charge on any atom is -0.495 e. The summed E-state index contributed by atoms with van der Waals surface area (Å²) >= 11 is 6.02. The summed E-state index contributed by atoms with van der Waals surface area (Å²) in [5.74, 6) is -0.389. The SMILES string of the molecule is COc1ccc(C)cc1S(=O)(=O)N(CC(=O)NCc1ccc(S(=O)(=O)N2CCCCC2)cc1)c1ccc(Cl)cc1.